The lowest BCUT2D eigenvalue weighted by atomic mass is 10.0. The fraction of sp³-hybridized carbons (Fsp3) is 0.208. The van der Waals surface area contributed by atoms with Crippen LogP contribution in [0.5, 0.6) is 11.5 Å². The number of nitrogens with zero attached hydrogens (tertiary/aromatic N) is 1. The van der Waals surface area contributed by atoms with Crippen molar-refractivity contribution in [1.82, 2.24) is 0 Å². The van der Waals surface area contributed by atoms with Crippen molar-refractivity contribution in [2.75, 3.05) is 19.1 Å². The number of fused-ring (bicyclic) bond motifs is 1. The predicted octanol–water partition coefficient (Wildman–Crippen LogP) is 5.61. The van der Waals surface area contributed by atoms with Crippen LogP contribution in [0.25, 0.3) is 0 Å². The maximum absolute atomic E-state index is 14.0. The summed E-state index contributed by atoms with van der Waals surface area (Å²) in [6, 6.07) is 8.99. The van der Waals surface area contributed by atoms with Gasteiger partial charge in [0.2, 0.25) is 12.0 Å². The number of para-hydroxylation sites is 1. The number of hydrogen-bond acceptors (Lipinski definition) is 7. The standard InChI is InChI=1S/C24H17ClF3NO6S/c1-33-17-6-4-3-5-14(17)21(24(26,27)28)35-13-7-8-15(25)16(10-13)29-18(30)9-12-11-36-20(23(32)34-2)19(12)22(29)31/h3-8,10-11,21H,9H2,1-2H3. The summed E-state index contributed by atoms with van der Waals surface area (Å²) in [6.07, 6.45) is -7.46. The van der Waals surface area contributed by atoms with Crippen LogP contribution >= 0.6 is 22.9 Å². The number of hydrogen-bond donors (Lipinski definition) is 0. The molecule has 3 aromatic rings. The minimum absolute atomic E-state index is 0.00633. The zero-order valence-corrected chi connectivity index (χ0v) is 20.3. The first-order valence-corrected chi connectivity index (χ1v) is 11.5. The van der Waals surface area contributed by atoms with E-state index >= 15 is 0 Å². The molecule has 4 rings (SSSR count). The smallest absolute Gasteiger partial charge is 0.429 e. The molecule has 0 saturated carbocycles. The van der Waals surface area contributed by atoms with Crippen LogP contribution in [0, 0.1) is 0 Å². The van der Waals surface area contributed by atoms with E-state index in [9.17, 15) is 27.6 Å². The molecule has 0 fully saturated rings. The summed E-state index contributed by atoms with van der Waals surface area (Å²) in [5.41, 5.74) is -0.114. The molecule has 188 valence electrons. The Morgan fingerprint density at radius 2 is 1.86 bits per heavy atom. The van der Waals surface area contributed by atoms with Gasteiger partial charge in [0.15, 0.2) is 0 Å². The minimum Gasteiger partial charge on any atom is -0.496 e. The summed E-state index contributed by atoms with van der Waals surface area (Å²) in [5, 5.41) is 1.43. The van der Waals surface area contributed by atoms with Gasteiger partial charge in [-0.05, 0) is 29.1 Å². The second-order valence-corrected chi connectivity index (χ2v) is 8.85. The number of esters is 1. The maximum Gasteiger partial charge on any atom is 0.429 e. The van der Waals surface area contributed by atoms with Crippen molar-refractivity contribution >= 4 is 46.4 Å². The van der Waals surface area contributed by atoms with Gasteiger partial charge in [0.25, 0.3) is 5.91 Å². The molecule has 7 nitrogen and oxygen atoms in total. The van der Waals surface area contributed by atoms with E-state index < -0.39 is 30.1 Å². The van der Waals surface area contributed by atoms with Crippen molar-refractivity contribution in [2.24, 2.45) is 0 Å². The van der Waals surface area contributed by atoms with Gasteiger partial charge in [0, 0.05) is 11.6 Å². The highest BCUT2D eigenvalue weighted by molar-refractivity contribution is 7.12. The second kappa shape index (κ2) is 9.82. The summed E-state index contributed by atoms with van der Waals surface area (Å²) >= 11 is 7.20. The SMILES string of the molecule is COC(=O)c1scc2c1C(=O)N(c1cc(OC(c3ccccc3OC)C(F)(F)F)ccc1Cl)C(=O)C2. The third-order valence-corrected chi connectivity index (χ3v) is 6.71. The third-order valence-electron chi connectivity index (χ3n) is 5.38. The maximum atomic E-state index is 14.0. The van der Waals surface area contributed by atoms with Gasteiger partial charge in [-0.25, -0.2) is 9.69 Å². The van der Waals surface area contributed by atoms with Crippen LogP contribution in [0.1, 0.15) is 37.3 Å². The number of ether oxygens (including phenoxy) is 3. The molecule has 0 N–H and O–H groups in total. The van der Waals surface area contributed by atoms with Gasteiger partial charge in [-0.1, -0.05) is 29.8 Å². The Labute approximate surface area is 211 Å². The number of amides is 2. The first kappa shape index (κ1) is 25.5. The lowest BCUT2D eigenvalue weighted by Crippen LogP contribution is -2.42. The monoisotopic (exact) mass is 539 g/mol. The fourth-order valence-electron chi connectivity index (χ4n) is 3.77. The summed E-state index contributed by atoms with van der Waals surface area (Å²) in [4.78, 5) is 39.0. The molecule has 0 bridgehead atoms. The van der Waals surface area contributed by atoms with E-state index in [1.165, 1.54) is 48.9 Å². The van der Waals surface area contributed by atoms with Gasteiger partial charge in [-0.3, -0.25) is 9.59 Å². The van der Waals surface area contributed by atoms with Crippen LogP contribution < -0.4 is 14.4 Å². The van der Waals surface area contributed by atoms with Crippen molar-refractivity contribution in [1.29, 1.82) is 0 Å². The van der Waals surface area contributed by atoms with Gasteiger partial charge in [-0.2, -0.15) is 13.2 Å². The molecule has 2 aromatic carbocycles. The molecular weight excluding hydrogens is 523 g/mol. The molecule has 0 saturated heterocycles. The van der Waals surface area contributed by atoms with Crippen molar-refractivity contribution < 1.29 is 41.8 Å². The fourth-order valence-corrected chi connectivity index (χ4v) is 4.95. The number of benzene rings is 2. The van der Waals surface area contributed by atoms with Crippen LogP contribution in [-0.2, 0) is 16.0 Å². The molecule has 0 radical (unpaired) electrons. The molecule has 1 aromatic heterocycles. The van der Waals surface area contributed by atoms with Crippen LogP contribution in [0.4, 0.5) is 18.9 Å². The highest BCUT2D eigenvalue weighted by atomic mass is 35.5. The number of halogens is 4. The van der Waals surface area contributed by atoms with Crippen molar-refractivity contribution in [3.05, 3.63) is 74.4 Å². The molecule has 36 heavy (non-hydrogen) atoms. The van der Waals surface area contributed by atoms with E-state index in [2.05, 4.69) is 0 Å². The Kier molecular flexibility index (Phi) is 6.96. The zero-order valence-electron chi connectivity index (χ0n) is 18.7. The Hall–Kier alpha value is -3.57. The Balaban J connectivity index is 1.74. The molecule has 0 aliphatic carbocycles. The van der Waals surface area contributed by atoms with Gasteiger partial charge >= 0.3 is 12.1 Å². The molecule has 2 heterocycles. The number of methoxy groups -OCH3 is 2. The average molecular weight is 540 g/mol. The Morgan fingerprint density at radius 1 is 1.14 bits per heavy atom. The number of carbonyl (C=O) groups is 3. The minimum atomic E-state index is -4.83. The van der Waals surface area contributed by atoms with Gasteiger partial charge in [0.1, 0.15) is 16.4 Å². The summed E-state index contributed by atoms with van der Waals surface area (Å²) in [5.74, 6) is -2.60. The van der Waals surface area contributed by atoms with Crippen LogP contribution in [0.15, 0.2) is 47.8 Å². The Bertz CT molecular complexity index is 1360. The first-order valence-electron chi connectivity index (χ1n) is 10.3. The number of rotatable bonds is 6. The number of anilines is 1. The predicted molar refractivity (Wildman–Crippen MR) is 125 cm³/mol. The normalized spacial score (nSPS) is 14.3. The van der Waals surface area contributed by atoms with Crippen molar-refractivity contribution in [3.8, 4) is 11.5 Å². The van der Waals surface area contributed by atoms with Crippen molar-refractivity contribution in [3.63, 3.8) is 0 Å². The van der Waals surface area contributed by atoms with Gasteiger partial charge < -0.3 is 14.2 Å². The molecule has 1 unspecified atom stereocenters. The first-order chi connectivity index (χ1) is 17.1. The Morgan fingerprint density at radius 3 is 2.53 bits per heavy atom. The van der Waals surface area contributed by atoms with Gasteiger partial charge in [-0.15, -0.1) is 11.3 Å². The van der Waals surface area contributed by atoms with E-state index in [1.54, 1.807) is 0 Å². The molecule has 1 atom stereocenters. The average Bonchev–Trinajstić information content (AvgIpc) is 3.27. The van der Waals surface area contributed by atoms with E-state index in [0.717, 1.165) is 29.4 Å². The summed E-state index contributed by atoms with van der Waals surface area (Å²) in [6.45, 7) is 0. The number of alkyl halides is 3. The molecule has 1 aliphatic heterocycles. The number of thiophene rings is 1. The second-order valence-electron chi connectivity index (χ2n) is 7.56. The largest absolute Gasteiger partial charge is 0.496 e. The highest BCUT2D eigenvalue weighted by Crippen LogP contribution is 2.42. The molecule has 0 spiro atoms. The van der Waals surface area contributed by atoms with Gasteiger partial charge in [0.05, 0.1) is 36.9 Å². The van der Waals surface area contributed by atoms with E-state index in [1.807, 2.05) is 0 Å². The van der Waals surface area contributed by atoms with Crippen LogP contribution in [0.3, 0.4) is 0 Å². The van der Waals surface area contributed by atoms with E-state index in [-0.39, 0.29) is 44.6 Å². The molecule has 2 amide bonds. The molecular formula is C24H17ClF3NO6S. The third kappa shape index (κ3) is 4.63. The van der Waals surface area contributed by atoms with E-state index in [4.69, 9.17) is 25.8 Å². The molecule has 1 aliphatic rings. The number of carbonyl (C=O) groups excluding carboxylic acids is 3. The summed E-state index contributed by atoms with van der Waals surface area (Å²) in [7, 11) is 2.39. The van der Waals surface area contributed by atoms with Crippen LogP contribution in [-0.4, -0.2) is 38.2 Å². The molecule has 12 heteroatoms. The number of imide groups is 1. The van der Waals surface area contributed by atoms with Crippen molar-refractivity contribution in [2.45, 2.75) is 18.7 Å². The lowest BCUT2D eigenvalue weighted by molar-refractivity contribution is -0.198. The zero-order chi connectivity index (χ0) is 26.2. The quantitative estimate of drug-likeness (QED) is 0.299. The lowest BCUT2D eigenvalue weighted by Gasteiger charge is -2.28. The topological polar surface area (TPSA) is 82.1 Å². The van der Waals surface area contributed by atoms with Crippen LogP contribution in [0.2, 0.25) is 5.02 Å². The highest BCUT2D eigenvalue weighted by Gasteiger charge is 2.45. The van der Waals surface area contributed by atoms with E-state index in [0.29, 0.717) is 5.56 Å². The summed E-state index contributed by atoms with van der Waals surface area (Å²) < 4.78 is 57.0.